The first kappa shape index (κ1) is 63.1. The first-order valence-electron chi connectivity index (χ1n) is 26.5. The lowest BCUT2D eigenvalue weighted by molar-refractivity contribution is -0.297. The molecular formula is C55H94O12S. The van der Waals surface area contributed by atoms with Gasteiger partial charge >= 0.3 is 11.9 Å². The van der Waals surface area contributed by atoms with Crippen LogP contribution in [0, 0.1) is 0 Å². The Morgan fingerprint density at radius 3 is 1.40 bits per heavy atom. The Balaban J connectivity index is 2.42. The molecule has 68 heavy (non-hydrogen) atoms. The largest absolute Gasteiger partial charge is 0.462 e. The minimum atomic E-state index is -4.62. The van der Waals surface area contributed by atoms with Crippen LogP contribution in [0.25, 0.3) is 0 Å². The van der Waals surface area contributed by atoms with E-state index in [0.717, 1.165) is 44.9 Å². The van der Waals surface area contributed by atoms with Crippen molar-refractivity contribution in [2.75, 3.05) is 19.0 Å². The van der Waals surface area contributed by atoms with Crippen LogP contribution in [0.15, 0.2) is 72.9 Å². The molecule has 0 spiro atoms. The van der Waals surface area contributed by atoms with Crippen molar-refractivity contribution in [2.24, 2.45) is 0 Å². The van der Waals surface area contributed by atoms with E-state index in [1.165, 1.54) is 109 Å². The van der Waals surface area contributed by atoms with Crippen LogP contribution in [0.1, 0.15) is 206 Å². The molecule has 1 aliphatic heterocycles. The molecule has 2 unspecified atom stereocenters. The summed E-state index contributed by atoms with van der Waals surface area (Å²) in [5.41, 5.74) is 0. The molecule has 0 bridgehead atoms. The lowest BCUT2D eigenvalue weighted by Crippen LogP contribution is -2.60. The zero-order chi connectivity index (χ0) is 49.8. The summed E-state index contributed by atoms with van der Waals surface area (Å²) in [5, 5.41) is 31.0. The summed E-state index contributed by atoms with van der Waals surface area (Å²) >= 11 is 0. The van der Waals surface area contributed by atoms with Crippen molar-refractivity contribution >= 4 is 22.1 Å². The summed E-state index contributed by atoms with van der Waals surface area (Å²) in [6, 6.07) is 0. The maximum absolute atomic E-state index is 12.9. The third-order valence-electron chi connectivity index (χ3n) is 11.7. The topological polar surface area (TPSA) is 186 Å². The average molecular weight is 979 g/mol. The van der Waals surface area contributed by atoms with Gasteiger partial charge in [-0.25, -0.2) is 0 Å². The number of allylic oxidation sites excluding steroid dienone is 12. The van der Waals surface area contributed by atoms with E-state index in [4.69, 9.17) is 18.9 Å². The second-order valence-electron chi connectivity index (χ2n) is 18.2. The summed E-state index contributed by atoms with van der Waals surface area (Å²) < 4.78 is 54.1. The molecule has 0 saturated carbocycles. The molecule has 6 atom stereocenters. The van der Waals surface area contributed by atoms with E-state index >= 15 is 0 Å². The quantitative estimate of drug-likeness (QED) is 0.0196. The van der Waals surface area contributed by atoms with Gasteiger partial charge in [0, 0.05) is 12.8 Å². The number of ether oxygens (including phenoxy) is 4. The van der Waals surface area contributed by atoms with Crippen molar-refractivity contribution < 1.29 is 56.8 Å². The molecule has 1 heterocycles. The van der Waals surface area contributed by atoms with Crippen LogP contribution >= 0.6 is 0 Å². The molecule has 0 aromatic heterocycles. The molecule has 392 valence electrons. The summed E-state index contributed by atoms with van der Waals surface area (Å²) in [5.74, 6) is -2.11. The first-order valence-corrected chi connectivity index (χ1v) is 28.1. The van der Waals surface area contributed by atoms with Gasteiger partial charge in [-0.05, 0) is 83.5 Å². The van der Waals surface area contributed by atoms with Crippen molar-refractivity contribution in [1.82, 2.24) is 0 Å². The molecule has 12 nitrogen and oxygen atoms in total. The maximum Gasteiger partial charge on any atom is 0.306 e. The number of rotatable bonds is 44. The second kappa shape index (κ2) is 44.1. The number of hydrogen-bond donors (Lipinski definition) is 4. The van der Waals surface area contributed by atoms with Crippen LogP contribution in [0.4, 0.5) is 0 Å². The Morgan fingerprint density at radius 1 is 0.500 bits per heavy atom. The summed E-state index contributed by atoms with van der Waals surface area (Å²) in [7, 11) is -4.62. The third kappa shape index (κ3) is 37.9. The fourth-order valence-electron chi connectivity index (χ4n) is 7.63. The van der Waals surface area contributed by atoms with Gasteiger partial charge in [-0.15, -0.1) is 0 Å². The lowest BCUT2D eigenvalue weighted by atomic mass is 10.00. The monoisotopic (exact) mass is 979 g/mol. The van der Waals surface area contributed by atoms with Gasteiger partial charge < -0.3 is 34.3 Å². The summed E-state index contributed by atoms with van der Waals surface area (Å²) in [6.07, 6.45) is 48.2. The van der Waals surface area contributed by atoms with E-state index in [1.807, 2.05) is 18.2 Å². The molecule has 4 N–H and O–H groups in total. The highest BCUT2D eigenvalue weighted by molar-refractivity contribution is 7.85. The Bertz CT molecular complexity index is 1520. The predicted molar refractivity (Wildman–Crippen MR) is 275 cm³/mol. The normalized spacial score (nSPS) is 19.8. The highest BCUT2D eigenvalue weighted by atomic mass is 32.2. The van der Waals surface area contributed by atoms with Gasteiger partial charge in [-0.2, -0.15) is 8.42 Å². The first-order chi connectivity index (χ1) is 33.0. The number of hydrogen-bond acceptors (Lipinski definition) is 11. The van der Waals surface area contributed by atoms with Crippen molar-refractivity contribution in [2.45, 2.75) is 243 Å². The fourth-order valence-corrected chi connectivity index (χ4v) is 8.32. The number of aliphatic hydroxyl groups is 3. The fraction of sp³-hybridized carbons (Fsp3) is 0.745. The van der Waals surface area contributed by atoms with Crippen LogP contribution < -0.4 is 0 Å². The highest BCUT2D eigenvalue weighted by Crippen LogP contribution is 2.24. The second-order valence-corrected chi connectivity index (χ2v) is 19.7. The summed E-state index contributed by atoms with van der Waals surface area (Å²) in [6.45, 7) is 3.68. The molecule has 13 heteroatoms. The number of carbonyl (C=O) groups is 2. The van der Waals surface area contributed by atoms with Crippen molar-refractivity contribution in [3.63, 3.8) is 0 Å². The minimum absolute atomic E-state index is 0.0901. The van der Waals surface area contributed by atoms with Gasteiger partial charge in [0.2, 0.25) is 0 Å². The molecule has 0 amide bonds. The van der Waals surface area contributed by atoms with Gasteiger partial charge in [-0.1, -0.05) is 183 Å². The number of carbonyl (C=O) groups excluding carboxylic acids is 2. The lowest BCUT2D eigenvalue weighted by Gasteiger charge is -2.40. The Kier molecular flexibility index (Phi) is 40.9. The van der Waals surface area contributed by atoms with Crippen LogP contribution in [0.2, 0.25) is 0 Å². The van der Waals surface area contributed by atoms with E-state index in [2.05, 4.69) is 68.5 Å². The number of aliphatic hydroxyl groups excluding tert-OH is 3. The Hall–Kier alpha value is -2.91. The molecule has 0 radical (unpaired) electrons. The van der Waals surface area contributed by atoms with Gasteiger partial charge in [0.05, 0.1) is 6.61 Å². The zero-order valence-corrected chi connectivity index (χ0v) is 43.0. The van der Waals surface area contributed by atoms with E-state index < -0.39 is 71.2 Å². The van der Waals surface area contributed by atoms with E-state index in [-0.39, 0.29) is 19.4 Å². The average Bonchev–Trinajstić information content (AvgIpc) is 3.31. The number of unbranched alkanes of at least 4 members (excludes halogenated alkanes) is 20. The van der Waals surface area contributed by atoms with Crippen LogP contribution in [0.3, 0.4) is 0 Å². The molecule has 1 saturated heterocycles. The standard InChI is InChI=1S/C55H94O12S/c1-3-5-7-9-11-13-15-17-19-21-22-23-24-25-26-28-30-32-34-36-38-40-42-44-51(57)66-48(46-65-55-54(60)53(59)52(58)49(67-55)47-68(61,62)63)45-64-50(56)43-41-39-37-35-33-31-29-27-20-18-16-14-12-10-8-6-4-2/h12,14,18,20,28-31,35-38,48-49,52-55,58-60H,3-11,13,15-17,19,21-27,32-34,39-47H2,1-2H3,(H,61,62,63)/b14-12+,20-18+,30-28+,31-29+,37-35+,38-36+/t48-,49-,52-,53?,54?,55+/m1/s1. The van der Waals surface area contributed by atoms with E-state index in [9.17, 15) is 37.9 Å². The van der Waals surface area contributed by atoms with Crippen LogP contribution in [-0.2, 0) is 38.7 Å². The minimum Gasteiger partial charge on any atom is -0.462 e. The van der Waals surface area contributed by atoms with Crippen molar-refractivity contribution in [3.05, 3.63) is 72.9 Å². The Morgan fingerprint density at radius 2 is 0.897 bits per heavy atom. The molecule has 1 fully saturated rings. The molecule has 1 aliphatic rings. The van der Waals surface area contributed by atoms with Crippen molar-refractivity contribution in [3.8, 4) is 0 Å². The number of esters is 2. The SMILES string of the molecule is CCCCC/C=C/C/C=C/C/C=C/C/C=C/CCCC(=O)OC[C@H](CO[C@H]1O[C@H](CS(=O)(=O)O)[C@@H](O)C(O)C1O)OC(=O)CCC/C=C/CC/C=C/CCCCCCCCCCCCCCCC. The Labute approximate surface area is 412 Å². The van der Waals surface area contributed by atoms with Crippen molar-refractivity contribution in [1.29, 1.82) is 0 Å². The maximum atomic E-state index is 12.9. The molecule has 0 aliphatic carbocycles. The van der Waals surface area contributed by atoms with Crippen LogP contribution in [0.5, 0.6) is 0 Å². The van der Waals surface area contributed by atoms with Gasteiger partial charge in [0.15, 0.2) is 12.4 Å². The molecule has 0 aromatic rings. The van der Waals surface area contributed by atoms with Gasteiger partial charge in [0.25, 0.3) is 10.1 Å². The van der Waals surface area contributed by atoms with Crippen LogP contribution in [-0.4, -0.2) is 96.0 Å². The van der Waals surface area contributed by atoms with E-state index in [0.29, 0.717) is 25.7 Å². The smallest absolute Gasteiger partial charge is 0.306 e. The summed E-state index contributed by atoms with van der Waals surface area (Å²) in [4.78, 5) is 25.5. The van der Waals surface area contributed by atoms with Gasteiger partial charge in [-0.3, -0.25) is 14.1 Å². The third-order valence-corrected chi connectivity index (χ3v) is 12.5. The van der Waals surface area contributed by atoms with Gasteiger partial charge in [0.1, 0.15) is 36.8 Å². The predicted octanol–water partition coefficient (Wildman–Crippen LogP) is 12.2. The molecule has 0 aromatic carbocycles. The highest BCUT2D eigenvalue weighted by Gasteiger charge is 2.46. The van der Waals surface area contributed by atoms with E-state index in [1.54, 1.807) is 0 Å². The zero-order valence-electron chi connectivity index (χ0n) is 42.2. The molecular weight excluding hydrogens is 885 g/mol. The molecule has 1 rings (SSSR count).